The van der Waals surface area contributed by atoms with Gasteiger partial charge in [-0.3, -0.25) is 4.79 Å². The number of aromatic nitrogens is 1. The van der Waals surface area contributed by atoms with E-state index in [1.807, 2.05) is 67.6 Å². The summed E-state index contributed by atoms with van der Waals surface area (Å²) >= 11 is 0. The molecular weight excluding hydrogens is 785 g/mol. The molecule has 0 amide bonds. The number of hydrogen-bond acceptors (Lipinski definition) is 6. The number of carbonyl (C=O) groups excluding carboxylic acids is 2. The van der Waals surface area contributed by atoms with Crippen LogP contribution in [-0.2, 0) is 16.2 Å². The van der Waals surface area contributed by atoms with Gasteiger partial charge in [-0.1, -0.05) is 81.4 Å². The van der Waals surface area contributed by atoms with Gasteiger partial charge in [-0.25, -0.2) is 13.6 Å². The number of benzene rings is 5. The Morgan fingerprint density at radius 2 is 1.52 bits per heavy atom. The lowest BCUT2D eigenvalue weighted by Gasteiger charge is -2.19. The summed E-state index contributed by atoms with van der Waals surface area (Å²) in [5.41, 5.74) is 5.24. The van der Waals surface area contributed by atoms with Crippen LogP contribution in [0.1, 0.15) is 105 Å². The zero-order valence-electron chi connectivity index (χ0n) is 35.1. The van der Waals surface area contributed by atoms with Crippen LogP contribution in [0.2, 0.25) is 0 Å². The van der Waals surface area contributed by atoms with E-state index in [1.54, 1.807) is 0 Å². The smallest absolute Gasteiger partial charge is 0.340 e. The maximum absolute atomic E-state index is 14.8. The standard InChI is InChI=1S/C50H52F4N2O5/c1-5-7-12-33(6-2)28-56-45-24-19-36(46(55-61-32(4)57)35-17-20-37(21-18-35)60-30-50(53,54)49(51)52)26-42(45)43-27-44(40-15-10-11-16-41(40)47(43)56)48(58)39-23-22-38(25-31(39)3)59-29-34-13-8-9-14-34/h10-11,15-27,33-34,49H,5-9,12-14,28-30H2,1-4H3. The number of halogens is 4. The molecule has 0 N–H and O–H groups in total. The van der Waals surface area contributed by atoms with Gasteiger partial charge >= 0.3 is 18.3 Å². The first-order chi connectivity index (χ1) is 29.4. The molecule has 1 heterocycles. The lowest BCUT2D eigenvalue weighted by atomic mass is 9.92. The van der Waals surface area contributed by atoms with Gasteiger partial charge in [0.25, 0.3) is 0 Å². The lowest BCUT2D eigenvalue weighted by molar-refractivity contribution is -0.148. The Bertz CT molecular complexity index is 2560. The highest BCUT2D eigenvalue weighted by molar-refractivity contribution is 6.26. The molecule has 1 fully saturated rings. The molecule has 320 valence electrons. The van der Waals surface area contributed by atoms with Gasteiger partial charge in [0.05, 0.1) is 12.1 Å². The van der Waals surface area contributed by atoms with Crippen molar-refractivity contribution in [3.8, 4) is 11.5 Å². The molecule has 1 unspecified atom stereocenters. The summed E-state index contributed by atoms with van der Waals surface area (Å²) in [6, 6.07) is 27.4. The van der Waals surface area contributed by atoms with Crippen LogP contribution in [-0.4, -0.2) is 47.6 Å². The molecule has 7 rings (SSSR count). The first-order valence-corrected chi connectivity index (χ1v) is 21.3. The fourth-order valence-electron chi connectivity index (χ4n) is 8.51. The molecule has 5 aromatic carbocycles. The van der Waals surface area contributed by atoms with Crippen LogP contribution in [0.5, 0.6) is 11.5 Å². The second-order valence-corrected chi connectivity index (χ2v) is 16.3. The molecular formula is C50H52F4N2O5. The minimum absolute atomic E-state index is 0.0477. The first kappa shape index (κ1) is 43.4. The van der Waals surface area contributed by atoms with Gasteiger partial charge in [-0.2, -0.15) is 8.78 Å². The van der Waals surface area contributed by atoms with E-state index in [9.17, 15) is 27.2 Å². The van der Waals surface area contributed by atoms with E-state index in [0.29, 0.717) is 40.7 Å². The normalized spacial score (nSPS) is 14.3. The van der Waals surface area contributed by atoms with Crippen LogP contribution >= 0.6 is 0 Å². The van der Waals surface area contributed by atoms with Crippen molar-refractivity contribution < 1.29 is 41.5 Å². The van der Waals surface area contributed by atoms with Crippen molar-refractivity contribution in [1.29, 1.82) is 0 Å². The molecule has 1 aromatic heterocycles. The van der Waals surface area contributed by atoms with Gasteiger partial charge in [-0.15, -0.1) is 0 Å². The number of fused-ring (bicyclic) bond motifs is 5. The van der Waals surface area contributed by atoms with Crippen molar-refractivity contribution >= 4 is 50.0 Å². The third kappa shape index (κ3) is 9.61. The van der Waals surface area contributed by atoms with Gasteiger partial charge in [0.1, 0.15) is 17.2 Å². The number of alkyl halides is 4. The average Bonchev–Trinajstić information content (AvgIpc) is 3.89. The second kappa shape index (κ2) is 18.9. The number of nitrogens with zero attached hydrogens (tertiary/aromatic N) is 2. The lowest BCUT2D eigenvalue weighted by Crippen LogP contribution is -2.33. The summed E-state index contributed by atoms with van der Waals surface area (Å²) in [5.74, 6) is -3.39. The monoisotopic (exact) mass is 836 g/mol. The van der Waals surface area contributed by atoms with E-state index in [2.05, 4.69) is 29.6 Å². The van der Waals surface area contributed by atoms with Gasteiger partial charge < -0.3 is 18.9 Å². The molecule has 1 saturated carbocycles. The van der Waals surface area contributed by atoms with Crippen LogP contribution in [0.25, 0.3) is 32.6 Å². The van der Waals surface area contributed by atoms with Crippen molar-refractivity contribution in [2.45, 2.75) is 98.0 Å². The number of oxime groups is 1. The molecule has 0 saturated heterocycles. The fourth-order valence-corrected chi connectivity index (χ4v) is 8.51. The highest BCUT2D eigenvalue weighted by atomic mass is 19.3. The summed E-state index contributed by atoms with van der Waals surface area (Å²) in [6.45, 7) is 7.52. The van der Waals surface area contributed by atoms with Gasteiger partial charge in [-0.05, 0) is 110 Å². The van der Waals surface area contributed by atoms with Crippen molar-refractivity contribution in [3.05, 3.63) is 119 Å². The highest BCUT2D eigenvalue weighted by Gasteiger charge is 2.41. The minimum Gasteiger partial charge on any atom is -0.493 e. The van der Waals surface area contributed by atoms with E-state index in [4.69, 9.17) is 14.3 Å². The van der Waals surface area contributed by atoms with E-state index >= 15 is 0 Å². The molecule has 0 spiro atoms. The average molecular weight is 837 g/mol. The van der Waals surface area contributed by atoms with Gasteiger partial charge in [0.2, 0.25) is 0 Å². The van der Waals surface area contributed by atoms with Crippen molar-refractivity contribution in [2.24, 2.45) is 17.0 Å². The van der Waals surface area contributed by atoms with Crippen molar-refractivity contribution in [3.63, 3.8) is 0 Å². The molecule has 1 aliphatic rings. The highest BCUT2D eigenvalue weighted by Crippen LogP contribution is 2.39. The zero-order valence-corrected chi connectivity index (χ0v) is 35.1. The Kier molecular flexibility index (Phi) is 13.4. The largest absolute Gasteiger partial charge is 0.493 e. The SMILES string of the molecule is CCCCC(CC)Cn1c2ccc(C(=NOC(C)=O)c3ccc(OCC(F)(F)C(F)F)cc3)cc2c2cc(C(=O)c3ccc(OCC4CCCC4)cc3C)c3ccccc3c21. The predicted molar refractivity (Wildman–Crippen MR) is 233 cm³/mol. The Morgan fingerprint density at radius 3 is 2.20 bits per heavy atom. The maximum atomic E-state index is 14.8. The Balaban J connectivity index is 1.35. The number of ether oxygens (including phenoxy) is 2. The molecule has 0 aliphatic heterocycles. The quantitative estimate of drug-likeness (QED) is 0.0283. The van der Waals surface area contributed by atoms with E-state index in [1.165, 1.54) is 56.9 Å². The van der Waals surface area contributed by atoms with Crippen LogP contribution in [0.4, 0.5) is 17.6 Å². The number of rotatable bonds is 18. The number of hydrogen-bond donors (Lipinski definition) is 0. The summed E-state index contributed by atoms with van der Waals surface area (Å²) in [5, 5.41) is 7.73. The summed E-state index contributed by atoms with van der Waals surface area (Å²) in [4.78, 5) is 32.0. The number of unbranched alkanes of at least 4 members (excludes halogenated alkanes) is 1. The van der Waals surface area contributed by atoms with Crippen LogP contribution < -0.4 is 9.47 Å². The van der Waals surface area contributed by atoms with Crippen LogP contribution in [0.3, 0.4) is 0 Å². The maximum Gasteiger partial charge on any atom is 0.340 e. The van der Waals surface area contributed by atoms with E-state index in [0.717, 1.165) is 76.1 Å². The van der Waals surface area contributed by atoms with Gasteiger partial charge in [0.15, 0.2) is 12.4 Å². The predicted octanol–water partition coefficient (Wildman–Crippen LogP) is 12.9. The van der Waals surface area contributed by atoms with E-state index < -0.39 is 24.9 Å². The summed E-state index contributed by atoms with van der Waals surface area (Å²) < 4.78 is 66.3. The zero-order chi connectivity index (χ0) is 43.3. The molecule has 6 aromatic rings. The summed E-state index contributed by atoms with van der Waals surface area (Å²) in [7, 11) is 0. The van der Waals surface area contributed by atoms with Crippen LogP contribution in [0.15, 0.2) is 96.2 Å². The third-order valence-electron chi connectivity index (χ3n) is 11.9. The Labute approximate surface area is 353 Å². The van der Waals surface area contributed by atoms with Crippen LogP contribution in [0, 0.1) is 18.8 Å². The second-order valence-electron chi connectivity index (χ2n) is 16.3. The number of carbonyl (C=O) groups is 2. The Hall–Kier alpha value is -5.71. The molecule has 1 aliphatic carbocycles. The fraction of sp³-hybridized carbons (Fsp3) is 0.380. The Morgan fingerprint density at radius 1 is 0.820 bits per heavy atom. The number of ketones is 1. The molecule has 11 heteroatoms. The topological polar surface area (TPSA) is 79.1 Å². The molecule has 1 atom stereocenters. The molecule has 0 radical (unpaired) electrons. The molecule has 7 nitrogen and oxygen atoms in total. The molecule has 61 heavy (non-hydrogen) atoms. The first-order valence-electron chi connectivity index (χ1n) is 21.3. The minimum atomic E-state index is -4.31. The third-order valence-corrected chi connectivity index (χ3v) is 11.9. The molecule has 0 bridgehead atoms. The van der Waals surface area contributed by atoms with Crippen molar-refractivity contribution in [2.75, 3.05) is 13.2 Å². The summed E-state index contributed by atoms with van der Waals surface area (Å²) in [6.07, 6.45) is 5.24. The number of aryl methyl sites for hydroxylation is 1. The van der Waals surface area contributed by atoms with Gasteiger partial charge in [0, 0.05) is 57.4 Å². The van der Waals surface area contributed by atoms with Crippen molar-refractivity contribution in [1.82, 2.24) is 4.57 Å². The van der Waals surface area contributed by atoms with E-state index in [-0.39, 0.29) is 17.2 Å².